The number of fused-ring (bicyclic) bond motifs is 1. The average Bonchev–Trinajstić information content (AvgIpc) is 3.17. The molecule has 132 valence electrons. The first-order valence-electron chi connectivity index (χ1n) is 8.76. The Kier molecular flexibility index (Phi) is 4.31. The lowest BCUT2D eigenvalue weighted by molar-refractivity contribution is -0.0502. The molecular formula is C19H23N3O3. The van der Waals surface area contributed by atoms with E-state index in [0.29, 0.717) is 29.7 Å². The van der Waals surface area contributed by atoms with Gasteiger partial charge in [-0.25, -0.2) is 0 Å². The molecule has 0 saturated carbocycles. The van der Waals surface area contributed by atoms with Gasteiger partial charge in [0, 0.05) is 25.2 Å². The smallest absolute Gasteiger partial charge is 0.257 e. The largest absolute Gasteiger partial charge is 0.371 e. The van der Waals surface area contributed by atoms with Gasteiger partial charge in [0.1, 0.15) is 11.3 Å². The number of aryl methyl sites for hydroxylation is 2. The molecule has 6 heteroatoms. The van der Waals surface area contributed by atoms with Crippen LogP contribution in [-0.4, -0.2) is 47.7 Å². The van der Waals surface area contributed by atoms with E-state index < -0.39 is 0 Å². The zero-order chi connectivity index (χ0) is 17.4. The maximum Gasteiger partial charge on any atom is 0.257 e. The van der Waals surface area contributed by atoms with E-state index in [4.69, 9.17) is 9.26 Å². The van der Waals surface area contributed by atoms with Gasteiger partial charge in [0.2, 0.25) is 0 Å². The third-order valence-electron chi connectivity index (χ3n) is 5.19. The first-order chi connectivity index (χ1) is 12.1. The molecule has 0 aliphatic carbocycles. The quantitative estimate of drug-likeness (QED) is 0.927. The van der Waals surface area contributed by atoms with Gasteiger partial charge in [0.25, 0.3) is 5.91 Å². The summed E-state index contributed by atoms with van der Waals surface area (Å²) in [6, 6.07) is 10.8. The molecule has 0 radical (unpaired) electrons. The maximum absolute atomic E-state index is 12.5. The van der Waals surface area contributed by atoms with Gasteiger partial charge in [-0.1, -0.05) is 35.5 Å². The van der Waals surface area contributed by atoms with Crippen LogP contribution in [-0.2, 0) is 4.74 Å². The monoisotopic (exact) mass is 341 g/mol. The molecule has 1 N–H and O–H groups in total. The van der Waals surface area contributed by atoms with Crippen LogP contribution in [0.3, 0.4) is 0 Å². The molecular weight excluding hydrogens is 318 g/mol. The van der Waals surface area contributed by atoms with E-state index in [2.05, 4.69) is 27.5 Å². The lowest BCUT2D eigenvalue weighted by atomic mass is 10.1. The van der Waals surface area contributed by atoms with E-state index in [1.54, 1.807) is 13.8 Å². The molecule has 2 aromatic rings. The number of rotatable bonds is 3. The summed E-state index contributed by atoms with van der Waals surface area (Å²) in [6.45, 7) is 5.99. The number of carbonyl (C=O) groups is 1. The van der Waals surface area contributed by atoms with Crippen molar-refractivity contribution in [3.8, 4) is 0 Å². The number of benzene rings is 1. The fraction of sp³-hybridized carbons (Fsp3) is 0.474. The van der Waals surface area contributed by atoms with Gasteiger partial charge >= 0.3 is 0 Å². The molecule has 1 amide bonds. The zero-order valence-electron chi connectivity index (χ0n) is 14.6. The second kappa shape index (κ2) is 6.61. The Hall–Kier alpha value is -2.18. The first kappa shape index (κ1) is 16.3. The van der Waals surface area contributed by atoms with E-state index in [-0.39, 0.29) is 18.1 Å². The summed E-state index contributed by atoms with van der Waals surface area (Å²) in [5.74, 6) is 0.472. The highest BCUT2D eigenvalue weighted by atomic mass is 16.5. The van der Waals surface area contributed by atoms with Gasteiger partial charge in [-0.15, -0.1) is 0 Å². The van der Waals surface area contributed by atoms with Crippen molar-refractivity contribution in [2.75, 3.05) is 19.7 Å². The van der Waals surface area contributed by atoms with E-state index in [1.807, 2.05) is 18.2 Å². The van der Waals surface area contributed by atoms with Crippen molar-refractivity contribution in [2.24, 2.45) is 0 Å². The number of nitrogens with one attached hydrogen (secondary N) is 1. The van der Waals surface area contributed by atoms with Crippen LogP contribution < -0.4 is 5.32 Å². The Bertz CT molecular complexity index is 739. The molecule has 0 spiro atoms. The number of aromatic nitrogens is 1. The number of ether oxygens (including phenoxy) is 1. The van der Waals surface area contributed by atoms with Crippen molar-refractivity contribution in [1.29, 1.82) is 0 Å². The number of amides is 1. The lowest BCUT2D eigenvalue weighted by Gasteiger charge is -2.35. The van der Waals surface area contributed by atoms with Gasteiger partial charge in [0.05, 0.1) is 18.4 Å². The summed E-state index contributed by atoms with van der Waals surface area (Å²) >= 11 is 0. The van der Waals surface area contributed by atoms with Crippen molar-refractivity contribution >= 4 is 5.91 Å². The Morgan fingerprint density at radius 1 is 1.24 bits per heavy atom. The van der Waals surface area contributed by atoms with E-state index in [9.17, 15) is 4.79 Å². The van der Waals surface area contributed by atoms with Gasteiger partial charge in [0.15, 0.2) is 0 Å². The topological polar surface area (TPSA) is 67.6 Å². The fourth-order valence-corrected chi connectivity index (χ4v) is 3.91. The summed E-state index contributed by atoms with van der Waals surface area (Å²) in [5.41, 5.74) is 2.41. The normalized spacial score (nSPS) is 26.4. The summed E-state index contributed by atoms with van der Waals surface area (Å²) in [5, 5.41) is 7.00. The molecule has 2 aliphatic heterocycles. The van der Waals surface area contributed by atoms with Crippen LogP contribution in [0.1, 0.15) is 39.9 Å². The highest BCUT2D eigenvalue weighted by molar-refractivity contribution is 5.96. The average molecular weight is 341 g/mol. The molecule has 0 unspecified atom stereocenters. The van der Waals surface area contributed by atoms with Gasteiger partial charge in [-0.2, -0.15) is 0 Å². The van der Waals surface area contributed by atoms with Gasteiger partial charge in [-0.05, 0) is 25.8 Å². The molecule has 6 nitrogen and oxygen atoms in total. The number of hydrogen-bond donors (Lipinski definition) is 1. The van der Waals surface area contributed by atoms with Crippen molar-refractivity contribution in [2.45, 2.75) is 38.5 Å². The van der Waals surface area contributed by atoms with Crippen LogP contribution in [0.2, 0.25) is 0 Å². The van der Waals surface area contributed by atoms with E-state index in [0.717, 1.165) is 19.5 Å². The number of nitrogens with zero attached hydrogens (tertiary/aromatic N) is 2. The van der Waals surface area contributed by atoms with Crippen molar-refractivity contribution in [3.63, 3.8) is 0 Å². The predicted octanol–water partition coefficient (Wildman–Crippen LogP) is 2.24. The third-order valence-corrected chi connectivity index (χ3v) is 5.19. The number of hydrogen-bond acceptors (Lipinski definition) is 5. The van der Waals surface area contributed by atoms with Gasteiger partial charge < -0.3 is 14.6 Å². The van der Waals surface area contributed by atoms with Crippen LogP contribution >= 0.6 is 0 Å². The molecule has 2 saturated heterocycles. The minimum Gasteiger partial charge on any atom is -0.371 e. The van der Waals surface area contributed by atoms with Crippen LogP contribution in [0.4, 0.5) is 0 Å². The Labute approximate surface area is 147 Å². The Morgan fingerprint density at radius 3 is 2.76 bits per heavy atom. The minimum atomic E-state index is -0.0957. The van der Waals surface area contributed by atoms with Gasteiger partial charge in [-0.3, -0.25) is 9.69 Å². The van der Waals surface area contributed by atoms with Crippen molar-refractivity contribution in [3.05, 3.63) is 52.9 Å². The fourth-order valence-electron chi connectivity index (χ4n) is 3.91. The first-order valence-corrected chi connectivity index (χ1v) is 8.76. The molecule has 2 aliphatic rings. The maximum atomic E-state index is 12.5. The summed E-state index contributed by atoms with van der Waals surface area (Å²) in [7, 11) is 0. The molecule has 4 rings (SSSR count). The lowest BCUT2D eigenvalue weighted by Crippen LogP contribution is -2.43. The summed E-state index contributed by atoms with van der Waals surface area (Å²) in [4.78, 5) is 15.0. The molecule has 1 aromatic carbocycles. The van der Waals surface area contributed by atoms with E-state index in [1.165, 1.54) is 5.56 Å². The molecule has 25 heavy (non-hydrogen) atoms. The predicted molar refractivity (Wildman–Crippen MR) is 92.3 cm³/mol. The van der Waals surface area contributed by atoms with Crippen LogP contribution in [0.5, 0.6) is 0 Å². The Morgan fingerprint density at radius 2 is 2.04 bits per heavy atom. The molecule has 0 bridgehead atoms. The summed E-state index contributed by atoms with van der Waals surface area (Å²) < 4.78 is 11.2. The van der Waals surface area contributed by atoms with E-state index >= 15 is 0 Å². The highest BCUT2D eigenvalue weighted by Crippen LogP contribution is 2.30. The standard InChI is InChI=1S/C19H23N3O3/c1-12-18(13(2)25-21-12)19(23)20-15-8-16-11-24-17(10-22(16)9-15)14-6-4-3-5-7-14/h3-7,15-17H,8-11H2,1-2H3,(H,20,23)/t15-,16+,17-/m1/s1. The summed E-state index contributed by atoms with van der Waals surface area (Å²) in [6.07, 6.45) is 1.02. The van der Waals surface area contributed by atoms with Crippen molar-refractivity contribution < 1.29 is 14.1 Å². The molecule has 3 heterocycles. The number of morpholine rings is 1. The number of carbonyl (C=O) groups excluding carboxylic acids is 1. The highest BCUT2D eigenvalue weighted by Gasteiger charge is 2.38. The second-order valence-corrected chi connectivity index (χ2v) is 6.95. The van der Waals surface area contributed by atoms with Crippen LogP contribution in [0, 0.1) is 13.8 Å². The van der Waals surface area contributed by atoms with Crippen molar-refractivity contribution in [1.82, 2.24) is 15.4 Å². The zero-order valence-corrected chi connectivity index (χ0v) is 14.6. The molecule has 2 fully saturated rings. The third kappa shape index (κ3) is 3.19. The van der Waals surface area contributed by atoms with Crippen LogP contribution in [0.25, 0.3) is 0 Å². The minimum absolute atomic E-state index is 0.0957. The Balaban J connectivity index is 1.39. The SMILES string of the molecule is Cc1noc(C)c1C(=O)N[C@@H]1C[C@H]2CO[C@@H](c3ccccc3)CN2C1. The molecule has 3 atom stereocenters. The van der Waals surface area contributed by atoms with Crippen LogP contribution in [0.15, 0.2) is 34.9 Å². The second-order valence-electron chi connectivity index (χ2n) is 6.95. The molecule has 1 aromatic heterocycles.